The van der Waals surface area contributed by atoms with Gasteiger partial charge in [0.2, 0.25) is 17.6 Å². The lowest BCUT2D eigenvalue weighted by molar-refractivity contribution is -0.150. The highest BCUT2D eigenvalue weighted by Gasteiger charge is 2.51. The molecule has 2 unspecified atom stereocenters. The summed E-state index contributed by atoms with van der Waals surface area (Å²) in [7, 11) is 0. The van der Waals surface area contributed by atoms with Crippen LogP contribution in [0.3, 0.4) is 0 Å². The van der Waals surface area contributed by atoms with Gasteiger partial charge in [-0.2, -0.15) is 43.1 Å². The third-order valence-corrected chi connectivity index (χ3v) is 8.21. The Morgan fingerprint density at radius 3 is 2.33 bits per heavy atom. The number of carbonyl (C=O) groups is 3. The number of halogens is 6. The van der Waals surface area contributed by atoms with Crippen molar-refractivity contribution >= 4 is 41.1 Å². The van der Waals surface area contributed by atoms with Crippen LogP contribution in [0.25, 0.3) is 0 Å². The number of alkyl halides is 6. The summed E-state index contributed by atoms with van der Waals surface area (Å²) in [6, 6.07) is 3.61. The normalized spacial score (nSPS) is 19.8. The highest BCUT2D eigenvalue weighted by molar-refractivity contribution is 8.02. The molecule has 0 radical (unpaired) electrons. The average Bonchev–Trinajstić information content (AvgIpc) is 3.33. The number of hydrogen-bond acceptors (Lipinski definition) is 7. The molecule has 1 aromatic carbocycles. The Morgan fingerprint density at radius 2 is 1.81 bits per heavy atom. The number of amides is 2. The first-order chi connectivity index (χ1) is 19.5. The fourth-order valence-electron chi connectivity index (χ4n) is 4.76. The molecule has 3 atom stereocenters. The first kappa shape index (κ1) is 33.2. The van der Waals surface area contributed by atoms with Crippen LogP contribution in [0.1, 0.15) is 40.1 Å². The van der Waals surface area contributed by atoms with Gasteiger partial charge in [-0.05, 0) is 48.5 Å². The topological polar surface area (TPSA) is 120 Å². The molecule has 0 bridgehead atoms. The Kier molecular flexibility index (Phi) is 9.92. The smallest absolute Gasteiger partial charge is 0.369 e. The van der Waals surface area contributed by atoms with Gasteiger partial charge in [-0.1, -0.05) is 30.4 Å². The number of thioether (sulfide) groups is 2. The highest BCUT2D eigenvalue weighted by Crippen LogP contribution is 2.45. The lowest BCUT2D eigenvalue weighted by atomic mass is 9.65. The first-order valence-electron chi connectivity index (χ1n) is 12.2. The van der Waals surface area contributed by atoms with E-state index in [2.05, 4.69) is 15.4 Å². The van der Waals surface area contributed by atoms with E-state index < -0.39 is 59.5 Å². The summed E-state index contributed by atoms with van der Waals surface area (Å²) in [6.45, 7) is 2.14. The van der Waals surface area contributed by atoms with Gasteiger partial charge in [0, 0.05) is 17.4 Å². The standard InChI is InChI=1S/C26H27F6N5O3S2/c1-13-10-15(17(38)11-37-23(26(30,31)32)35-22(36-37)25(27,28)29)7-8-16(13)24(21(33)40)9-5-6-18(42-4)19(24)20(39)34-14(2)12-41-3/h5-10,14,19H,11-12H2,1-4H3,(H2,33,40)(H,34,39)/t14-,19?,24?/m0/s1. The van der Waals surface area contributed by atoms with E-state index in [0.717, 1.165) is 0 Å². The molecule has 0 saturated heterocycles. The summed E-state index contributed by atoms with van der Waals surface area (Å²) in [5.74, 6) is -6.76. The molecule has 8 nitrogen and oxygen atoms in total. The lowest BCUT2D eigenvalue weighted by Crippen LogP contribution is -2.54. The van der Waals surface area contributed by atoms with Crippen LogP contribution >= 0.6 is 23.5 Å². The van der Waals surface area contributed by atoms with Crippen LogP contribution in [0, 0.1) is 12.8 Å². The van der Waals surface area contributed by atoms with E-state index >= 15 is 0 Å². The van der Waals surface area contributed by atoms with Crippen LogP contribution in [0.5, 0.6) is 0 Å². The quantitative estimate of drug-likeness (QED) is 0.291. The van der Waals surface area contributed by atoms with E-state index in [1.54, 1.807) is 18.4 Å². The zero-order valence-corrected chi connectivity index (χ0v) is 24.4. The van der Waals surface area contributed by atoms with E-state index in [1.165, 1.54) is 54.7 Å². The second-order valence-electron chi connectivity index (χ2n) is 9.53. The number of nitrogens with two attached hydrogens (primary N) is 1. The van der Waals surface area contributed by atoms with Crippen molar-refractivity contribution in [2.75, 3.05) is 18.3 Å². The van der Waals surface area contributed by atoms with Crippen molar-refractivity contribution < 1.29 is 40.7 Å². The third kappa shape index (κ3) is 6.69. The van der Waals surface area contributed by atoms with E-state index in [9.17, 15) is 40.7 Å². The number of primary amides is 1. The molecule has 1 aliphatic rings. The molecule has 16 heteroatoms. The zero-order valence-electron chi connectivity index (χ0n) is 22.8. The number of aromatic nitrogens is 3. The van der Waals surface area contributed by atoms with Gasteiger partial charge >= 0.3 is 12.4 Å². The number of ketones is 1. The predicted molar refractivity (Wildman–Crippen MR) is 147 cm³/mol. The molecule has 0 aliphatic heterocycles. The van der Waals surface area contributed by atoms with Crippen molar-refractivity contribution in [3.05, 3.63) is 69.7 Å². The molecule has 2 aromatic rings. The van der Waals surface area contributed by atoms with Crippen LogP contribution in [0.4, 0.5) is 26.3 Å². The van der Waals surface area contributed by atoms with Gasteiger partial charge in [0.15, 0.2) is 5.78 Å². The SMILES string of the molecule is CSC[C@H](C)NC(=O)C1C(SC)=CC=CC1(C(N)=O)c1ccc(C(=O)Cn2nc(C(F)(F)F)nc2C(F)(F)F)cc1C. The monoisotopic (exact) mass is 635 g/mol. The lowest BCUT2D eigenvalue weighted by Gasteiger charge is -2.39. The van der Waals surface area contributed by atoms with E-state index in [-0.39, 0.29) is 21.9 Å². The molecule has 0 spiro atoms. The molecule has 1 aromatic heterocycles. The maximum atomic E-state index is 13.6. The molecule has 3 rings (SSSR count). The van der Waals surface area contributed by atoms with Gasteiger partial charge in [0.1, 0.15) is 12.0 Å². The van der Waals surface area contributed by atoms with Gasteiger partial charge in [-0.3, -0.25) is 14.4 Å². The van der Waals surface area contributed by atoms with Gasteiger partial charge in [0.25, 0.3) is 5.82 Å². The number of benzene rings is 1. The van der Waals surface area contributed by atoms with E-state index in [0.29, 0.717) is 16.2 Å². The molecule has 0 saturated carbocycles. The fourth-order valence-corrected chi connectivity index (χ4v) is 6.09. The van der Waals surface area contributed by atoms with Crippen LogP contribution in [-0.4, -0.2) is 56.7 Å². The van der Waals surface area contributed by atoms with Crippen molar-refractivity contribution in [2.45, 2.75) is 44.2 Å². The highest BCUT2D eigenvalue weighted by atomic mass is 32.2. The average molecular weight is 636 g/mol. The minimum absolute atomic E-state index is 0.144. The number of nitrogens with zero attached hydrogens (tertiary/aromatic N) is 3. The summed E-state index contributed by atoms with van der Waals surface area (Å²) in [4.78, 5) is 42.7. The summed E-state index contributed by atoms with van der Waals surface area (Å²) >= 11 is 2.77. The summed E-state index contributed by atoms with van der Waals surface area (Å²) in [5, 5.41) is 5.76. The minimum atomic E-state index is -5.30. The largest absolute Gasteiger partial charge is 0.453 e. The molecule has 1 heterocycles. The Balaban J connectivity index is 2.04. The number of Topliss-reactive ketones (excluding diaryl/α,β-unsaturated/α-hetero) is 1. The number of aryl methyl sites for hydroxylation is 1. The first-order valence-corrected chi connectivity index (χ1v) is 14.8. The second kappa shape index (κ2) is 12.5. The van der Waals surface area contributed by atoms with Crippen LogP contribution in [0.15, 0.2) is 41.3 Å². The van der Waals surface area contributed by atoms with Crippen LogP contribution in [-0.2, 0) is 33.9 Å². The van der Waals surface area contributed by atoms with Gasteiger partial charge in [-0.25, -0.2) is 4.68 Å². The van der Waals surface area contributed by atoms with Crippen molar-refractivity contribution in [2.24, 2.45) is 11.7 Å². The van der Waals surface area contributed by atoms with Gasteiger partial charge in [-0.15, -0.1) is 16.9 Å². The molecule has 1 aliphatic carbocycles. The number of hydrogen-bond donors (Lipinski definition) is 2. The van der Waals surface area contributed by atoms with Gasteiger partial charge in [0.05, 0.1) is 5.92 Å². The second-order valence-corrected chi connectivity index (χ2v) is 11.3. The van der Waals surface area contributed by atoms with Crippen LogP contribution < -0.4 is 11.1 Å². The fraction of sp³-hybridized carbons (Fsp3) is 0.423. The zero-order chi connectivity index (χ0) is 31.6. The van der Waals surface area contributed by atoms with Gasteiger partial charge < -0.3 is 11.1 Å². The maximum absolute atomic E-state index is 13.6. The Hall–Kier alpha value is -3.27. The Bertz CT molecular complexity index is 1440. The van der Waals surface area contributed by atoms with Crippen LogP contribution in [0.2, 0.25) is 0 Å². The summed E-state index contributed by atoms with van der Waals surface area (Å²) < 4.78 is 78.8. The third-order valence-electron chi connectivity index (χ3n) is 6.54. The minimum Gasteiger partial charge on any atom is -0.369 e. The Morgan fingerprint density at radius 1 is 1.14 bits per heavy atom. The predicted octanol–water partition coefficient (Wildman–Crippen LogP) is 4.53. The maximum Gasteiger partial charge on any atom is 0.453 e. The van der Waals surface area contributed by atoms with E-state index in [4.69, 9.17) is 5.73 Å². The molecule has 2 amide bonds. The van der Waals surface area contributed by atoms with Crippen molar-refractivity contribution in [1.29, 1.82) is 0 Å². The molecule has 42 heavy (non-hydrogen) atoms. The Labute approximate surface area is 245 Å². The number of carbonyl (C=O) groups excluding carboxylic acids is 3. The number of allylic oxidation sites excluding steroid dienone is 2. The molecular formula is C26H27F6N5O3S2. The van der Waals surface area contributed by atoms with Crippen molar-refractivity contribution in [1.82, 2.24) is 20.1 Å². The van der Waals surface area contributed by atoms with Crippen molar-refractivity contribution in [3.63, 3.8) is 0 Å². The van der Waals surface area contributed by atoms with E-state index in [1.807, 2.05) is 13.2 Å². The van der Waals surface area contributed by atoms with Crippen molar-refractivity contribution in [3.8, 4) is 0 Å². The molecule has 228 valence electrons. The molecule has 0 fully saturated rings. The summed E-state index contributed by atoms with van der Waals surface area (Å²) in [5.41, 5.74) is 4.66. The molecule has 3 N–H and O–H groups in total. The summed E-state index contributed by atoms with van der Waals surface area (Å²) in [6.07, 6.45) is -2.18. The number of nitrogens with one attached hydrogen (secondary N) is 1. The molecular weight excluding hydrogens is 608 g/mol. The number of rotatable bonds is 10.